The largest absolute Gasteiger partial charge is 0.497 e. The van der Waals surface area contributed by atoms with Crippen molar-refractivity contribution in [1.82, 2.24) is 0 Å². The van der Waals surface area contributed by atoms with Crippen LogP contribution in [0.4, 0.5) is 0 Å². The zero-order chi connectivity index (χ0) is 15.6. The van der Waals surface area contributed by atoms with Crippen molar-refractivity contribution in [3.8, 4) is 29.4 Å². The van der Waals surface area contributed by atoms with Crippen molar-refractivity contribution < 1.29 is 9.84 Å². The van der Waals surface area contributed by atoms with Gasteiger partial charge in [0, 0.05) is 5.56 Å². The summed E-state index contributed by atoms with van der Waals surface area (Å²) in [6.45, 7) is 0. The van der Waals surface area contributed by atoms with Crippen LogP contribution in [-0.4, -0.2) is 12.2 Å². The van der Waals surface area contributed by atoms with Gasteiger partial charge in [-0.25, -0.2) is 0 Å². The minimum absolute atomic E-state index is 0.777. The van der Waals surface area contributed by atoms with E-state index in [0.29, 0.717) is 0 Å². The molecule has 0 aliphatic heterocycles. The van der Waals surface area contributed by atoms with Gasteiger partial charge in [0.05, 0.1) is 7.11 Å². The first-order valence-corrected chi connectivity index (χ1v) is 6.84. The molecule has 0 aliphatic rings. The molecular weight excluding hydrogens is 272 g/mol. The topological polar surface area (TPSA) is 29.5 Å². The van der Waals surface area contributed by atoms with Crippen LogP contribution >= 0.6 is 0 Å². The molecule has 0 saturated carbocycles. The molecule has 2 heteroatoms. The molecule has 1 unspecified atom stereocenters. The zero-order valence-corrected chi connectivity index (χ0v) is 12.3. The molecule has 0 aromatic heterocycles. The monoisotopic (exact) mass is 288 g/mol. The normalized spacial score (nSPS) is 11.0. The van der Waals surface area contributed by atoms with Gasteiger partial charge in [0.15, 0.2) is 0 Å². The lowest BCUT2D eigenvalue weighted by molar-refractivity contribution is 0.238. The van der Waals surface area contributed by atoms with Gasteiger partial charge in [0.1, 0.15) is 11.9 Å². The van der Waals surface area contributed by atoms with E-state index >= 15 is 0 Å². The highest BCUT2D eigenvalue weighted by atomic mass is 16.5. The van der Waals surface area contributed by atoms with E-state index in [2.05, 4.69) is 23.7 Å². The van der Waals surface area contributed by atoms with Crippen LogP contribution in [0.3, 0.4) is 0 Å². The van der Waals surface area contributed by atoms with Crippen molar-refractivity contribution in [2.75, 3.05) is 7.11 Å². The predicted molar refractivity (Wildman–Crippen MR) is 88.2 cm³/mol. The van der Waals surface area contributed by atoms with Gasteiger partial charge >= 0.3 is 0 Å². The lowest BCUT2D eigenvalue weighted by Crippen LogP contribution is -1.91. The van der Waals surface area contributed by atoms with Gasteiger partial charge in [0.2, 0.25) is 0 Å². The molecule has 0 heterocycles. The quantitative estimate of drug-likeness (QED) is 0.859. The number of methoxy groups -OCH3 is 1. The Labute approximate surface area is 131 Å². The Bertz CT molecular complexity index is 736. The molecule has 0 aliphatic carbocycles. The van der Waals surface area contributed by atoms with Crippen LogP contribution in [0.15, 0.2) is 66.7 Å². The highest BCUT2D eigenvalue weighted by Crippen LogP contribution is 2.10. The van der Waals surface area contributed by atoms with E-state index in [-0.39, 0.29) is 0 Å². The van der Waals surface area contributed by atoms with Crippen LogP contribution < -0.4 is 4.74 Å². The molecule has 0 fully saturated rings. The van der Waals surface area contributed by atoms with Crippen molar-refractivity contribution in [2.45, 2.75) is 6.10 Å². The molecule has 22 heavy (non-hydrogen) atoms. The summed E-state index contributed by atoms with van der Waals surface area (Å²) in [5, 5.41) is 9.85. The predicted octanol–water partition coefficient (Wildman–Crippen LogP) is 3.34. The number of hydrogen-bond donors (Lipinski definition) is 1. The number of allylic oxidation sites excluding steroid dienone is 2. The minimum atomic E-state index is -0.777. The molecule has 1 atom stereocenters. The lowest BCUT2D eigenvalue weighted by Gasteiger charge is -2.01. The van der Waals surface area contributed by atoms with Gasteiger partial charge in [-0.3, -0.25) is 0 Å². The van der Waals surface area contributed by atoms with Crippen LogP contribution in [0.25, 0.3) is 0 Å². The van der Waals surface area contributed by atoms with Crippen LogP contribution in [0, 0.1) is 23.7 Å². The van der Waals surface area contributed by atoms with Crippen molar-refractivity contribution >= 4 is 0 Å². The smallest absolute Gasteiger partial charge is 0.140 e. The Balaban J connectivity index is 1.91. The van der Waals surface area contributed by atoms with E-state index in [9.17, 15) is 5.11 Å². The van der Waals surface area contributed by atoms with Gasteiger partial charge in [-0.15, -0.1) is 0 Å². The van der Waals surface area contributed by atoms with Crippen molar-refractivity contribution in [3.05, 3.63) is 77.9 Å². The first kappa shape index (κ1) is 15.4. The average Bonchev–Trinajstić information content (AvgIpc) is 2.59. The number of benzene rings is 2. The minimum Gasteiger partial charge on any atom is -0.497 e. The Hall–Kier alpha value is -2.94. The lowest BCUT2D eigenvalue weighted by atomic mass is 10.1. The first-order valence-electron chi connectivity index (χ1n) is 6.84. The Kier molecular flexibility index (Phi) is 5.88. The standard InChI is InChI=1S/C20H16O2/c1-22-19-15-13-17(14-16-19)9-5-2-3-8-12-20(21)18-10-6-4-7-11-18/h2-4,6-7,10-11,13-16,20-21H,1H3/b3-2-. The Morgan fingerprint density at radius 2 is 1.64 bits per heavy atom. The second-order valence-corrected chi connectivity index (χ2v) is 4.43. The number of hydrogen-bond acceptors (Lipinski definition) is 2. The molecule has 1 N–H and O–H groups in total. The summed E-state index contributed by atoms with van der Waals surface area (Å²) in [6.07, 6.45) is 2.51. The van der Waals surface area contributed by atoms with E-state index in [1.54, 1.807) is 19.3 Å². The van der Waals surface area contributed by atoms with E-state index < -0.39 is 6.10 Å². The fraction of sp³-hybridized carbons (Fsp3) is 0.100. The van der Waals surface area contributed by atoms with Gasteiger partial charge in [-0.05, 0) is 42.0 Å². The molecule has 2 aromatic carbocycles. The van der Waals surface area contributed by atoms with Gasteiger partial charge < -0.3 is 9.84 Å². The summed E-state index contributed by atoms with van der Waals surface area (Å²) in [7, 11) is 1.63. The molecule has 0 bridgehead atoms. The molecule has 2 nitrogen and oxygen atoms in total. The third-order valence-corrected chi connectivity index (χ3v) is 2.89. The third kappa shape index (κ3) is 4.87. The maximum atomic E-state index is 9.85. The Morgan fingerprint density at radius 3 is 2.32 bits per heavy atom. The van der Waals surface area contributed by atoms with Gasteiger partial charge in [0.25, 0.3) is 0 Å². The SMILES string of the molecule is COc1ccc(C#C/C=C\C#CC(O)c2ccccc2)cc1. The summed E-state index contributed by atoms with van der Waals surface area (Å²) >= 11 is 0. The second kappa shape index (κ2) is 8.37. The molecule has 2 aromatic rings. The Morgan fingerprint density at radius 1 is 0.955 bits per heavy atom. The van der Waals surface area contributed by atoms with Gasteiger partial charge in [-0.1, -0.05) is 54.0 Å². The van der Waals surface area contributed by atoms with Crippen LogP contribution in [0.1, 0.15) is 17.2 Å². The summed E-state index contributed by atoms with van der Waals surface area (Å²) in [5.74, 6) is 12.2. The number of aliphatic hydroxyl groups excluding tert-OH is 1. The summed E-state index contributed by atoms with van der Waals surface area (Å²) in [5.41, 5.74) is 1.69. The zero-order valence-electron chi connectivity index (χ0n) is 12.3. The maximum Gasteiger partial charge on any atom is 0.140 e. The fourth-order valence-electron chi connectivity index (χ4n) is 1.73. The van der Waals surface area contributed by atoms with E-state index in [1.807, 2.05) is 54.6 Å². The molecule has 0 spiro atoms. The summed E-state index contributed by atoms with van der Waals surface area (Å²) in [6, 6.07) is 16.8. The summed E-state index contributed by atoms with van der Waals surface area (Å²) < 4.78 is 5.08. The molecule has 0 radical (unpaired) electrons. The molecule has 0 amide bonds. The van der Waals surface area contributed by atoms with Crippen molar-refractivity contribution in [2.24, 2.45) is 0 Å². The van der Waals surface area contributed by atoms with Crippen molar-refractivity contribution in [3.63, 3.8) is 0 Å². The first-order chi connectivity index (χ1) is 10.8. The number of ether oxygens (including phenoxy) is 1. The molecule has 0 saturated heterocycles. The van der Waals surface area contributed by atoms with Crippen LogP contribution in [0.2, 0.25) is 0 Å². The van der Waals surface area contributed by atoms with Crippen molar-refractivity contribution in [1.29, 1.82) is 0 Å². The highest BCUT2D eigenvalue weighted by Gasteiger charge is 1.99. The fourth-order valence-corrected chi connectivity index (χ4v) is 1.73. The van der Waals surface area contributed by atoms with Crippen LogP contribution in [0.5, 0.6) is 5.75 Å². The second-order valence-electron chi connectivity index (χ2n) is 4.43. The van der Waals surface area contributed by atoms with E-state index in [4.69, 9.17) is 4.74 Å². The third-order valence-electron chi connectivity index (χ3n) is 2.89. The maximum absolute atomic E-state index is 9.85. The van der Waals surface area contributed by atoms with Gasteiger partial charge in [-0.2, -0.15) is 0 Å². The highest BCUT2D eigenvalue weighted by molar-refractivity contribution is 5.41. The number of rotatable bonds is 2. The summed E-state index contributed by atoms with van der Waals surface area (Å²) in [4.78, 5) is 0. The number of aliphatic hydroxyl groups is 1. The van der Waals surface area contributed by atoms with Crippen LogP contribution in [-0.2, 0) is 0 Å². The molecule has 108 valence electrons. The molecular formula is C20H16O2. The average molecular weight is 288 g/mol. The van der Waals surface area contributed by atoms with E-state index in [1.165, 1.54) is 0 Å². The van der Waals surface area contributed by atoms with E-state index in [0.717, 1.165) is 16.9 Å². The molecule has 2 rings (SSSR count).